The number of benzene rings is 2. The van der Waals surface area contributed by atoms with Crippen LogP contribution in [0.25, 0.3) is 28.2 Å². The standard InChI is InChI=1S/C25H25N3.C2H6/c1-16-5-9-20(10-6-16)24-22-14-12-19-11-13-21(28-17(2)7-8-18(28)3)15-23(19)25(22)27(4)26-24;1-2/h5-11,13,15H,12,14H2,1-4H3;1-2H3. The molecule has 1 aliphatic carbocycles. The number of aryl methyl sites for hydroxylation is 5. The van der Waals surface area contributed by atoms with E-state index in [2.05, 4.69) is 91.7 Å². The minimum atomic E-state index is 1.04. The van der Waals surface area contributed by atoms with Crippen molar-refractivity contribution in [2.45, 2.75) is 47.5 Å². The first-order valence-corrected chi connectivity index (χ1v) is 10.9. The Morgan fingerprint density at radius 1 is 0.800 bits per heavy atom. The summed E-state index contributed by atoms with van der Waals surface area (Å²) in [6.45, 7) is 10.5. The van der Waals surface area contributed by atoms with Gasteiger partial charge in [0.2, 0.25) is 0 Å². The monoisotopic (exact) mass is 397 g/mol. The van der Waals surface area contributed by atoms with Crippen LogP contribution in [0.5, 0.6) is 0 Å². The van der Waals surface area contributed by atoms with Crippen molar-refractivity contribution in [3.63, 3.8) is 0 Å². The average molecular weight is 398 g/mol. The number of hydrogen-bond donors (Lipinski definition) is 0. The van der Waals surface area contributed by atoms with Gasteiger partial charge in [0.15, 0.2) is 0 Å². The lowest BCUT2D eigenvalue weighted by atomic mass is 9.87. The predicted octanol–water partition coefficient (Wildman–Crippen LogP) is 6.59. The molecule has 0 aliphatic heterocycles. The Morgan fingerprint density at radius 3 is 2.13 bits per heavy atom. The molecule has 0 atom stereocenters. The Labute approximate surface area is 180 Å². The Bertz CT molecular complexity index is 1170. The number of aromatic nitrogens is 3. The highest BCUT2D eigenvalue weighted by Crippen LogP contribution is 2.39. The molecular weight excluding hydrogens is 366 g/mol. The van der Waals surface area contributed by atoms with Gasteiger partial charge in [-0.15, -0.1) is 0 Å². The van der Waals surface area contributed by atoms with Crippen LogP contribution in [0, 0.1) is 20.8 Å². The van der Waals surface area contributed by atoms with E-state index in [-0.39, 0.29) is 0 Å². The van der Waals surface area contributed by atoms with Gasteiger partial charge >= 0.3 is 0 Å². The highest BCUT2D eigenvalue weighted by Gasteiger charge is 2.25. The highest BCUT2D eigenvalue weighted by atomic mass is 15.3. The highest BCUT2D eigenvalue weighted by molar-refractivity contribution is 5.79. The first kappa shape index (κ1) is 20.2. The SMILES string of the molecule is CC.Cc1ccc(-c2nn(C)c3c2CCc2ccc(-n4c(C)ccc4C)cc2-3)cc1. The minimum absolute atomic E-state index is 1.04. The van der Waals surface area contributed by atoms with E-state index in [1.807, 2.05) is 13.8 Å². The molecule has 3 nitrogen and oxygen atoms in total. The van der Waals surface area contributed by atoms with Crippen molar-refractivity contribution in [2.24, 2.45) is 7.05 Å². The maximum absolute atomic E-state index is 4.93. The zero-order valence-corrected chi connectivity index (χ0v) is 19.0. The van der Waals surface area contributed by atoms with Crippen LogP contribution >= 0.6 is 0 Å². The van der Waals surface area contributed by atoms with Gasteiger partial charge in [-0.25, -0.2) is 0 Å². The molecule has 0 fully saturated rings. The maximum Gasteiger partial charge on any atom is 0.0961 e. The van der Waals surface area contributed by atoms with E-state index in [4.69, 9.17) is 5.10 Å². The van der Waals surface area contributed by atoms with Gasteiger partial charge in [0.25, 0.3) is 0 Å². The molecule has 0 amide bonds. The number of hydrogen-bond acceptors (Lipinski definition) is 1. The van der Waals surface area contributed by atoms with Crippen molar-refractivity contribution in [3.05, 3.63) is 82.7 Å². The van der Waals surface area contributed by atoms with Gasteiger partial charge < -0.3 is 4.57 Å². The van der Waals surface area contributed by atoms with Gasteiger partial charge in [0.1, 0.15) is 0 Å². The van der Waals surface area contributed by atoms with E-state index >= 15 is 0 Å². The molecule has 2 aromatic carbocycles. The zero-order valence-electron chi connectivity index (χ0n) is 19.0. The summed E-state index contributed by atoms with van der Waals surface area (Å²) in [6, 6.07) is 20.0. The van der Waals surface area contributed by atoms with E-state index in [0.29, 0.717) is 0 Å². The number of rotatable bonds is 2. The Kier molecular flexibility index (Phi) is 5.38. The Balaban J connectivity index is 0.00000106. The van der Waals surface area contributed by atoms with Crippen LogP contribution in [0.4, 0.5) is 0 Å². The molecule has 0 unspecified atom stereocenters. The van der Waals surface area contributed by atoms with Crippen LogP contribution in [-0.2, 0) is 19.9 Å². The van der Waals surface area contributed by atoms with E-state index < -0.39 is 0 Å². The second-order valence-corrected chi connectivity index (χ2v) is 7.96. The van der Waals surface area contributed by atoms with Crippen LogP contribution in [0.2, 0.25) is 0 Å². The van der Waals surface area contributed by atoms with Crippen molar-refractivity contribution in [1.82, 2.24) is 14.3 Å². The Hall–Kier alpha value is -3.07. The first-order chi connectivity index (χ1) is 14.5. The fraction of sp³-hybridized carbons (Fsp3) is 0.296. The van der Waals surface area contributed by atoms with Gasteiger partial charge in [-0.05, 0) is 63.4 Å². The largest absolute Gasteiger partial charge is 0.318 e. The summed E-state index contributed by atoms with van der Waals surface area (Å²) in [7, 11) is 2.07. The van der Waals surface area contributed by atoms with E-state index in [1.165, 1.54) is 50.6 Å². The van der Waals surface area contributed by atoms with Crippen molar-refractivity contribution in [2.75, 3.05) is 0 Å². The van der Waals surface area contributed by atoms with Crippen molar-refractivity contribution in [3.8, 4) is 28.2 Å². The van der Waals surface area contributed by atoms with Gasteiger partial charge in [-0.3, -0.25) is 4.68 Å². The molecule has 0 radical (unpaired) electrons. The average Bonchev–Trinajstić information content (AvgIpc) is 3.28. The molecule has 154 valence electrons. The normalized spacial score (nSPS) is 12.1. The van der Waals surface area contributed by atoms with Gasteiger partial charge in [-0.2, -0.15) is 5.10 Å². The molecule has 0 N–H and O–H groups in total. The van der Waals surface area contributed by atoms with Crippen molar-refractivity contribution >= 4 is 0 Å². The van der Waals surface area contributed by atoms with Gasteiger partial charge in [-0.1, -0.05) is 49.7 Å². The lowest BCUT2D eigenvalue weighted by Gasteiger charge is -2.20. The smallest absolute Gasteiger partial charge is 0.0961 e. The molecular formula is C27H31N3. The number of nitrogens with zero attached hydrogens (tertiary/aromatic N) is 3. The summed E-state index contributed by atoms with van der Waals surface area (Å²) < 4.78 is 4.40. The van der Waals surface area contributed by atoms with E-state index in [9.17, 15) is 0 Å². The summed E-state index contributed by atoms with van der Waals surface area (Å²) in [5.74, 6) is 0. The fourth-order valence-electron chi connectivity index (χ4n) is 4.56. The first-order valence-electron chi connectivity index (χ1n) is 10.9. The van der Waals surface area contributed by atoms with Crippen LogP contribution in [-0.4, -0.2) is 14.3 Å². The van der Waals surface area contributed by atoms with Crippen LogP contribution in [0.1, 0.15) is 41.9 Å². The third-order valence-corrected chi connectivity index (χ3v) is 5.99. The Morgan fingerprint density at radius 2 is 1.47 bits per heavy atom. The summed E-state index contributed by atoms with van der Waals surface area (Å²) in [5.41, 5.74) is 12.7. The van der Waals surface area contributed by atoms with Crippen molar-refractivity contribution < 1.29 is 0 Å². The van der Waals surface area contributed by atoms with Gasteiger partial charge in [0.05, 0.1) is 11.4 Å². The van der Waals surface area contributed by atoms with Crippen LogP contribution in [0.15, 0.2) is 54.6 Å². The number of fused-ring (bicyclic) bond motifs is 3. The van der Waals surface area contributed by atoms with Crippen LogP contribution < -0.4 is 0 Å². The molecule has 3 heteroatoms. The molecule has 0 saturated carbocycles. The lowest BCUT2D eigenvalue weighted by Crippen LogP contribution is -2.08. The molecule has 0 bridgehead atoms. The van der Waals surface area contributed by atoms with Crippen molar-refractivity contribution in [1.29, 1.82) is 0 Å². The molecule has 0 saturated heterocycles. The third-order valence-electron chi connectivity index (χ3n) is 5.99. The second-order valence-electron chi connectivity index (χ2n) is 7.96. The van der Waals surface area contributed by atoms with E-state index in [0.717, 1.165) is 18.5 Å². The second kappa shape index (κ2) is 7.98. The summed E-state index contributed by atoms with van der Waals surface area (Å²) in [4.78, 5) is 0. The maximum atomic E-state index is 4.93. The summed E-state index contributed by atoms with van der Waals surface area (Å²) in [6.07, 6.45) is 2.11. The summed E-state index contributed by atoms with van der Waals surface area (Å²) in [5, 5.41) is 4.93. The summed E-state index contributed by atoms with van der Waals surface area (Å²) >= 11 is 0. The predicted molar refractivity (Wildman–Crippen MR) is 126 cm³/mol. The topological polar surface area (TPSA) is 22.8 Å². The lowest BCUT2D eigenvalue weighted by molar-refractivity contribution is 0.773. The molecule has 2 heterocycles. The third kappa shape index (κ3) is 3.28. The fourth-order valence-corrected chi connectivity index (χ4v) is 4.56. The van der Waals surface area contributed by atoms with Gasteiger partial charge in [0, 0.05) is 40.8 Å². The minimum Gasteiger partial charge on any atom is -0.318 e. The quantitative estimate of drug-likeness (QED) is 0.374. The van der Waals surface area contributed by atoms with Crippen LogP contribution in [0.3, 0.4) is 0 Å². The molecule has 5 rings (SSSR count). The van der Waals surface area contributed by atoms with E-state index in [1.54, 1.807) is 0 Å². The zero-order chi connectivity index (χ0) is 21.4. The molecule has 1 aliphatic rings. The molecule has 30 heavy (non-hydrogen) atoms. The molecule has 4 aromatic rings. The molecule has 0 spiro atoms. The molecule has 2 aromatic heterocycles.